The van der Waals surface area contributed by atoms with Crippen LogP contribution in [0.25, 0.3) is 0 Å². The van der Waals surface area contributed by atoms with Crippen molar-refractivity contribution >= 4 is 5.97 Å². The van der Waals surface area contributed by atoms with Crippen molar-refractivity contribution in [2.75, 3.05) is 0 Å². The van der Waals surface area contributed by atoms with E-state index in [0.717, 1.165) is 12.0 Å². The number of aryl methyl sites for hydroxylation is 1. The van der Waals surface area contributed by atoms with E-state index in [2.05, 4.69) is 9.97 Å². The summed E-state index contributed by atoms with van der Waals surface area (Å²) in [4.78, 5) is 18.5. The van der Waals surface area contributed by atoms with Gasteiger partial charge in [0, 0.05) is 6.20 Å². The van der Waals surface area contributed by atoms with Crippen molar-refractivity contribution in [2.24, 2.45) is 0 Å². The molecule has 0 radical (unpaired) electrons. The van der Waals surface area contributed by atoms with Crippen molar-refractivity contribution in [3.05, 3.63) is 47.9 Å². The average Bonchev–Trinajstić information content (AvgIpc) is 2.40. The van der Waals surface area contributed by atoms with Crippen molar-refractivity contribution in [1.82, 2.24) is 9.97 Å². The van der Waals surface area contributed by atoms with Gasteiger partial charge in [0.1, 0.15) is 17.6 Å². The molecule has 18 heavy (non-hydrogen) atoms. The lowest BCUT2D eigenvalue weighted by Gasteiger charge is -2.10. The quantitative estimate of drug-likeness (QED) is 0.894. The van der Waals surface area contributed by atoms with Crippen molar-refractivity contribution in [3.8, 4) is 11.6 Å². The molecule has 5 nitrogen and oxygen atoms in total. The number of carboxylic acid groups (broad SMARTS) is 1. The van der Waals surface area contributed by atoms with E-state index in [1.807, 2.05) is 25.1 Å². The summed E-state index contributed by atoms with van der Waals surface area (Å²) < 4.78 is 5.56. The van der Waals surface area contributed by atoms with Crippen molar-refractivity contribution < 1.29 is 14.6 Å². The number of para-hydroxylation sites is 1. The smallest absolute Gasteiger partial charge is 0.342 e. The van der Waals surface area contributed by atoms with Gasteiger partial charge < -0.3 is 9.84 Å². The summed E-state index contributed by atoms with van der Waals surface area (Å²) in [5.41, 5.74) is 0.941. The summed E-state index contributed by atoms with van der Waals surface area (Å²) in [6, 6.07) is 7.45. The molecule has 0 spiro atoms. The fraction of sp³-hybridized carbons (Fsp3) is 0.154. The maximum absolute atomic E-state index is 11.0. The van der Waals surface area contributed by atoms with Crippen LogP contribution in [-0.4, -0.2) is 21.0 Å². The van der Waals surface area contributed by atoms with E-state index in [-0.39, 0.29) is 11.4 Å². The van der Waals surface area contributed by atoms with Gasteiger partial charge in [-0.15, -0.1) is 0 Å². The van der Waals surface area contributed by atoms with Gasteiger partial charge in [0.05, 0.1) is 0 Å². The predicted molar refractivity (Wildman–Crippen MR) is 64.9 cm³/mol. The molecule has 1 aromatic heterocycles. The second-order valence-electron chi connectivity index (χ2n) is 3.61. The second-order valence-corrected chi connectivity index (χ2v) is 3.61. The summed E-state index contributed by atoms with van der Waals surface area (Å²) in [6.07, 6.45) is 3.28. The Hall–Kier alpha value is -2.43. The lowest BCUT2D eigenvalue weighted by atomic mass is 10.1. The van der Waals surface area contributed by atoms with Crippen LogP contribution in [0, 0.1) is 0 Å². The van der Waals surface area contributed by atoms with Crippen molar-refractivity contribution in [1.29, 1.82) is 0 Å². The highest BCUT2D eigenvalue weighted by Crippen LogP contribution is 2.26. The number of ether oxygens (including phenoxy) is 1. The van der Waals surface area contributed by atoms with Crippen LogP contribution in [-0.2, 0) is 6.42 Å². The molecule has 0 unspecified atom stereocenters. The fourth-order valence-corrected chi connectivity index (χ4v) is 1.55. The Kier molecular flexibility index (Phi) is 3.52. The zero-order valence-corrected chi connectivity index (χ0v) is 9.83. The van der Waals surface area contributed by atoms with Crippen molar-refractivity contribution in [3.63, 3.8) is 0 Å². The highest BCUT2D eigenvalue weighted by atomic mass is 16.5. The molecule has 2 rings (SSSR count). The molecule has 1 aromatic carbocycles. The van der Waals surface area contributed by atoms with Crippen LogP contribution in [0.3, 0.4) is 0 Å². The molecule has 1 heterocycles. The third kappa shape index (κ3) is 2.45. The summed E-state index contributed by atoms with van der Waals surface area (Å²) in [5, 5.41) is 9.01. The first-order valence-electron chi connectivity index (χ1n) is 5.51. The summed E-state index contributed by atoms with van der Waals surface area (Å²) >= 11 is 0. The van der Waals surface area contributed by atoms with Crippen LogP contribution in [0.4, 0.5) is 0 Å². The molecule has 0 saturated heterocycles. The van der Waals surface area contributed by atoms with Crippen LogP contribution in [0.2, 0.25) is 0 Å². The van der Waals surface area contributed by atoms with Crippen LogP contribution in [0.15, 0.2) is 36.8 Å². The predicted octanol–water partition coefficient (Wildman–Crippen LogP) is 2.53. The Balaban J connectivity index is 2.37. The molecule has 0 aliphatic carbocycles. The molecule has 0 amide bonds. The van der Waals surface area contributed by atoms with E-state index in [4.69, 9.17) is 9.84 Å². The van der Waals surface area contributed by atoms with Gasteiger partial charge in [0.15, 0.2) is 0 Å². The van der Waals surface area contributed by atoms with E-state index in [1.165, 1.54) is 12.5 Å². The maximum Gasteiger partial charge on any atom is 0.342 e. The molecule has 1 N–H and O–H groups in total. The zero-order chi connectivity index (χ0) is 13.0. The van der Waals surface area contributed by atoms with Gasteiger partial charge in [0.25, 0.3) is 0 Å². The topological polar surface area (TPSA) is 72.3 Å². The van der Waals surface area contributed by atoms with Gasteiger partial charge in [0.2, 0.25) is 5.88 Å². The molecule has 0 fully saturated rings. The molecular weight excluding hydrogens is 232 g/mol. The molecule has 0 aliphatic rings. The number of aromatic nitrogens is 2. The second kappa shape index (κ2) is 5.27. The molecule has 0 atom stereocenters. The van der Waals surface area contributed by atoms with Gasteiger partial charge in [-0.1, -0.05) is 25.1 Å². The third-order valence-corrected chi connectivity index (χ3v) is 2.47. The van der Waals surface area contributed by atoms with E-state index in [0.29, 0.717) is 5.75 Å². The number of carboxylic acids is 1. The number of aromatic carboxylic acids is 1. The third-order valence-electron chi connectivity index (χ3n) is 2.47. The first kappa shape index (κ1) is 12.0. The fourth-order valence-electron chi connectivity index (χ4n) is 1.55. The average molecular weight is 244 g/mol. The largest absolute Gasteiger partial charge is 0.477 e. The number of hydrogen-bond donors (Lipinski definition) is 1. The molecule has 92 valence electrons. The van der Waals surface area contributed by atoms with Gasteiger partial charge in [-0.3, -0.25) is 0 Å². The summed E-state index contributed by atoms with van der Waals surface area (Å²) in [7, 11) is 0. The van der Waals surface area contributed by atoms with Gasteiger partial charge >= 0.3 is 5.97 Å². The maximum atomic E-state index is 11.0. The Labute approximate surface area is 104 Å². The molecule has 0 aliphatic heterocycles. The minimum Gasteiger partial charge on any atom is -0.477 e. The number of hydrogen-bond acceptors (Lipinski definition) is 4. The van der Waals surface area contributed by atoms with E-state index in [9.17, 15) is 4.79 Å². The standard InChI is InChI=1S/C13H12N2O3/c1-2-9-5-3-4-6-11(9)18-12-10(13(16)17)7-14-8-15-12/h3-8H,2H2,1H3,(H,16,17). The molecule has 0 bridgehead atoms. The van der Waals surface area contributed by atoms with E-state index in [1.54, 1.807) is 6.07 Å². The highest BCUT2D eigenvalue weighted by Gasteiger charge is 2.14. The molecular formula is C13H12N2O3. The molecule has 2 aromatic rings. The van der Waals surface area contributed by atoms with E-state index >= 15 is 0 Å². The first-order valence-corrected chi connectivity index (χ1v) is 5.51. The van der Waals surface area contributed by atoms with Crippen LogP contribution in [0.1, 0.15) is 22.8 Å². The number of benzene rings is 1. The summed E-state index contributed by atoms with van der Waals surface area (Å²) in [5.74, 6) is -0.445. The first-order chi connectivity index (χ1) is 8.72. The lowest BCUT2D eigenvalue weighted by molar-refractivity contribution is 0.0693. The Bertz CT molecular complexity index is 570. The number of rotatable bonds is 4. The van der Waals surface area contributed by atoms with Crippen LogP contribution >= 0.6 is 0 Å². The van der Waals surface area contributed by atoms with Gasteiger partial charge in [-0.25, -0.2) is 14.8 Å². The molecule has 5 heteroatoms. The normalized spacial score (nSPS) is 10.1. The Morgan fingerprint density at radius 2 is 2.17 bits per heavy atom. The Morgan fingerprint density at radius 3 is 2.89 bits per heavy atom. The zero-order valence-electron chi connectivity index (χ0n) is 9.83. The van der Waals surface area contributed by atoms with Gasteiger partial charge in [-0.2, -0.15) is 0 Å². The number of carbonyl (C=O) groups is 1. The minimum atomic E-state index is -1.11. The Morgan fingerprint density at radius 1 is 1.39 bits per heavy atom. The van der Waals surface area contributed by atoms with Gasteiger partial charge in [-0.05, 0) is 18.1 Å². The monoisotopic (exact) mass is 244 g/mol. The molecule has 0 saturated carbocycles. The lowest BCUT2D eigenvalue weighted by Crippen LogP contribution is -2.03. The van der Waals surface area contributed by atoms with Crippen molar-refractivity contribution in [2.45, 2.75) is 13.3 Å². The highest BCUT2D eigenvalue weighted by molar-refractivity contribution is 5.89. The summed E-state index contributed by atoms with van der Waals surface area (Å²) in [6.45, 7) is 2.00. The van der Waals surface area contributed by atoms with Crippen LogP contribution < -0.4 is 4.74 Å². The number of nitrogens with zero attached hydrogens (tertiary/aromatic N) is 2. The van der Waals surface area contributed by atoms with E-state index < -0.39 is 5.97 Å². The SMILES string of the molecule is CCc1ccccc1Oc1ncncc1C(=O)O. The van der Waals surface area contributed by atoms with Crippen LogP contribution in [0.5, 0.6) is 11.6 Å². The minimum absolute atomic E-state index is 0.0524.